The third kappa shape index (κ3) is 6.19. The molecule has 0 fully saturated rings. The predicted molar refractivity (Wildman–Crippen MR) is 99.6 cm³/mol. The molecule has 23 heavy (non-hydrogen) atoms. The number of furan rings is 1. The molecule has 0 aliphatic heterocycles. The molecule has 0 saturated carbocycles. The third-order valence-electron chi connectivity index (χ3n) is 2.77. The van der Waals surface area contributed by atoms with E-state index in [2.05, 4.69) is 15.6 Å². The smallest absolute Gasteiger partial charge is 0.287 e. The molecule has 0 unspecified atom stereocenters. The number of aliphatic imine (C=N–C) groups is 1. The summed E-state index contributed by atoms with van der Waals surface area (Å²) in [5, 5.41) is 5.63. The van der Waals surface area contributed by atoms with E-state index in [1.165, 1.54) is 6.26 Å². The lowest BCUT2D eigenvalue weighted by Crippen LogP contribution is -2.28. The van der Waals surface area contributed by atoms with Crippen LogP contribution in [0.2, 0.25) is 0 Å². The fraction of sp³-hybridized carbons (Fsp3) is 0.200. The zero-order valence-electron chi connectivity index (χ0n) is 12.6. The number of halogens is 1. The fourth-order valence-electron chi connectivity index (χ4n) is 1.73. The molecule has 7 nitrogen and oxygen atoms in total. The van der Waals surface area contributed by atoms with E-state index in [-0.39, 0.29) is 41.6 Å². The predicted octanol–water partition coefficient (Wildman–Crippen LogP) is 2.06. The third-order valence-corrected chi connectivity index (χ3v) is 2.77. The molecule has 1 amide bonds. The van der Waals surface area contributed by atoms with Gasteiger partial charge >= 0.3 is 0 Å². The van der Waals surface area contributed by atoms with Gasteiger partial charge in [0, 0.05) is 18.3 Å². The Morgan fingerprint density at radius 1 is 1.35 bits per heavy atom. The summed E-state index contributed by atoms with van der Waals surface area (Å²) in [6.45, 7) is 0.718. The number of guanidine groups is 1. The Hall–Kier alpha value is -2.23. The highest BCUT2D eigenvalue weighted by Crippen LogP contribution is 2.16. The van der Waals surface area contributed by atoms with Gasteiger partial charge in [-0.2, -0.15) is 0 Å². The van der Waals surface area contributed by atoms with Crippen molar-refractivity contribution >= 4 is 41.5 Å². The summed E-state index contributed by atoms with van der Waals surface area (Å²) in [7, 11) is 1.60. The van der Waals surface area contributed by atoms with Gasteiger partial charge in [-0.25, -0.2) is 0 Å². The zero-order chi connectivity index (χ0) is 15.8. The van der Waals surface area contributed by atoms with Crippen LogP contribution in [0.25, 0.3) is 0 Å². The van der Waals surface area contributed by atoms with Crippen LogP contribution < -0.4 is 21.1 Å². The molecule has 1 aromatic carbocycles. The van der Waals surface area contributed by atoms with E-state index in [0.717, 1.165) is 11.4 Å². The van der Waals surface area contributed by atoms with E-state index in [4.69, 9.17) is 14.9 Å². The molecule has 0 aliphatic rings. The Balaban J connectivity index is 0.00000264. The molecule has 0 spiro atoms. The van der Waals surface area contributed by atoms with E-state index in [9.17, 15) is 4.79 Å². The van der Waals surface area contributed by atoms with Crippen molar-refractivity contribution in [3.8, 4) is 5.75 Å². The van der Waals surface area contributed by atoms with Crippen LogP contribution in [0.5, 0.6) is 5.75 Å². The second-order valence-corrected chi connectivity index (χ2v) is 4.36. The number of nitrogens with two attached hydrogens (primary N) is 1. The minimum atomic E-state index is -0.278. The van der Waals surface area contributed by atoms with Gasteiger partial charge in [-0.15, -0.1) is 24.0 Å². The van der Waals surface area contributed by atoms with Crippen LogP contribution in [0.3, 0.4) is 0 Å². The zero-order valence-corrected chi connectivity index (χ0v) is 14.9. The molecular formula is C15H19IN4O3. The van der Waals surface area contributed by atoms with Crippen molar-refractivity contribution in [3.05, 3.63) is 48.4 Å². The summed E-state index contributed by atoms with van der Waals surface area (Å²) in [6, 6.07) is 10.6. The van der Waals surface area contributed by atoms with Crippen LogP contribution in [0, 0.1) is 0 Å². The Bertz CT molecular complexity index is 644. The first-order valence-corrected chi connectivity index (χ1v) is 6.72. The molecule has 0 atom stereocenters. The first-order chi connectivity index (χ1) is 10.7. The second kappa shape index (κ2) is 9.72. The molecule has 4 N–H and O–H groups in total. The van der Waals surface area contributed by atoms with Gasteiger partial charge in [-0.05, 0) is 24.3 Å². The molecule has 8 heteroatoms. The number of methoxy groups -OCH3 is 1. The van der Waals surface area contributed by atoms with Crippen LogP contribution in [-0.4, -0.2) is 32.1 Å². The molecule has 1 aromatic heterocycles. The van der Waals surface area contributed by atoms with E-state index >= 15 is 0 Å². The van der Waals surface area contributed by atoms with Gasteiger partial charge in [0.05, 0.1) is 19.9 Å². The number of nitrogens with zero attached hydrogens (tertiary/aromatic N) is 1. The van der Waals surface area contributed by atoms with Crippen LogP contribution in [-0.2, 0) is 0 Å². The number of benzene rings is 1. The maximum absolute atomic E-state index is 11.6. The van der Waals surface area contributed by atoms with Gasteiger partial charge in [0.25, 0.3) is 5.91 Å². The van der Waals surface area contributed by atoms with Crippen LogP contribution in [0.1, 0.15) is 10.6 Å². The van der Waals surface area contributed by atoms with Gasteiger partial charge in [-0.3, -0.25) is 9.79 Å². The molecular weight excluding hydrogens is 411 g/mol. The Labute approximate surface area is 151 Å². The molecule has 124 valence electrons. The molecule has 0 radical (unpaired) electrons. The average Bonchev–Trinajstić information content (AvgIpc) is 3.06. The molecule has 0 saturated heterocycles. The molecule has 2 rings (SSSR count). The highest BCUT2D eigenvalue weighted by molar-refractivity contribution is 14.0. The number of amides is 1. The van der Waals surface area contributed by atoms with Crippen molar-refractivity contribution in [1.29, 1.82) is 0 Å². The highest BCUT2D eigenvalue weighted by atomic mass is 127. The van der Waals surface area contributed by atoms with Gasteiger partial charge < -0.3 is 25.5 Å². The lowest BCUT2D eigenvalue weighted by molar-refractivity contribution is 0.0927. The Morgan fingerprint density at radius 2 is 2.17 bits per heavy atom. The standard InChI is InChI=1S/C15H18N4O3.HI/c1-21-12-5-2-4-11(10-12)19-15(16)18-8-7-17-14(20)13-6-3-9-22-13;/h2-6,9-10H,7-8H2,1H3,(H,17,20)(H3,16,18,19);1H. The van der Waals surface area contributed by atoms with E-state index in [0.29, 0.717) is 13.1 Å². The molecule has 2 aromatic rings. The molecule has 0 aliphatic carbocycles. The quantitative estimate of drug-likeness (QED) is 0.282. The number of hydrogen-bond acceptors (Lipinski definition) is 4. The van der Waals surface area contributed by atoms with Gasteiger partial charge in [-0.1, -0.05) is 6.07 Å². The highest BCUT2D eigenvalue weighted by Gasteiger charge is 2.06. The lowest BCUT2D eigenvalue weighted by Gasteiger charge is -2.07. The monoisotopic (exact) mass is 430 g/mol. The lowest BCUT2D eigenvalue weighted by atomic mass is 10.3. The van der Waals surface area contributed by atoms with E-state index < -0.39 is 0 Å². The minimum absolute atomic E-state index is 0. The average molecular weight is 430 g/mol. The van der Waals surface area contributed by atoms with Crippen molar-refractivity contribution in [2.24, 2.45) is 10.7 Å². The number of ether oxygens (including phenoxy) is 1. The van der Waals surface area contributed by atoms with E-state index in [1.54, 1.807) is 25.3 Å². The number of anilines is 1. The minimum Gasteiger partial charge on any atom is -0.497 e. The first-order valence-electron chi connectivity index (χ1n) is 6.72. The number of nitrogens with one attached hydrogen (secondary N) is 2. The summed E-state index contributed by atoms with van der Waals surface area (Å²) in [5.41, 5.74) is 6.55. The fourth-order valence-corrected chi connectivity index (χ4v) is 1.73. The number of hydrogen-bond donors (Lipinski definition) is 3. The van der Waals surface area contributed by atoms with Crippen molar-refractivity contribution < 1.29 is 13.9 Å². The first kappa shape index (κ1) is 18.8. The summed E-state index contributed by atoms with van der Waals surface area (Å²) in [6.07, 6.45) is 1.45. The maximum atomic E-state index is 11.6. The Morgan fingerprint density at radius 3 is 2.87 bits per heavy atom. The van der Waals surface area contributed by atoms with Crippen LogP contribution >= 0.6 is 24.0 Å². The molecule has 0 bridgehead atoms. The Kier molecular flexibility index (Phi) is 7.95. The second-order valence-electron chi connectivity index (χ2n) is 4.36. The SMILES string of the molecule is COc1cccc(NC(N)=NCCNC(=O)c2ccco2)c1.I. The topological polar surface area (TPSA) is 102 Å². The van der Waals surface area contributed by atoms with Gasteiger partial charge in [0.2, 0.25) is 0 Å². The number of rotatable bonds is 6. The van der Waals surface area contributed by atoms with Crippen molar-refractivity contribution in [2.45, 2.75) is 0 Å². The van der Waals surface area contributed by atoms with Crippen LogP contribution in [0.4, 0.5) is 5.69 Å². The van der Waals surface area contributed by atoms with E-state index in [1.807, 2.05) is 18.2 Å². The number of carbonyl (C=O) groups excluding carboxylic acids is 1. The van der Waals surface area contributed by atoms with Crippen molar-refractivity contribution in [3.63, 3.8) is 0 Å². The largest absolute Gasteiger partial charge is 0.497 e. The normalized spacial score (nSPS) is 10.6. The van der Waals surface area contributed by atoms with Gasteiger partial charge in [0.15, 0.2) is 11.7 Å². The molecule has 1 heterocycles. The summed E-state index contributed by atoms with van der Waals surface area (Å²) in [5.74, 6) is 0.981. The van der Waals surface area contributed by atoms with Gasteiger partial charge in [0.1, 0.15) is 5.75 Å². The summed E-state index contributed by atoms with van der Waals surface area (Å²) in [4.78, 5) is 15.7. The maximum Gasteiger partial charge on any atom is 0.287 e. The van der Waals surface area contributed by atoms with Crippen LogP contribution in [0.15, 0.2) is 52.1 Å². The van der Waals surface area contributed by atoms with Crippen molar-refractivity contribution in [2.75, 3.05) is 25.5 Å². The van der Waals surface area contributed by atoms with Crippen molar-refractivity contribution in [1.82, 2.24) is 5.32 Å². The summed E-state index contributed by atoms with van der Waals surface area (Å²) < 4.78 is 10.1. The number of carbonyl (C=O) groups is 1. The summed E-state index contributed by atoms with van der Waals surface area (Å²) >= 11 is 0.